The molecule has 7 heteroatoms. The van der Waals surface area contributed by atoms with E-state index in [1.165, 1.54) is 16.2 Å². The number of amides is 2. The van der Waals surface area contributed by atoms with Crippen molar-refractivity contribution in [3.63, 3.8) is 0 Å². The first-order valence-corrected chi connectivity index (χ1v) is 7.63. The molecule has 0 saturated heterocycles. The lowest BCUT2D eigenvalue weighted by atomic mass is 9.98. The minimum atomic E-state index is -1.10. The van der Waals surface area contributed by atoms with Crippen LogP contribution >= 0.6 is 22.9 Å². The Hall–Kier alpha value is -1.27. The first kappa shape index (κ1) is 15.1. The van der Waals surface area contributed by atoms with E-state index < -0.39 is 11.5 Å². The van der Waals surface area contributed by atoms with Crippen molar-refractivity contribution < 1.29 is 14.7 Å². The van der Waals surface area contributed by atoms with Crippen LogP contribution in [0.1, 0.15) is 30.6 Å². The molecule has 0 radical (unpaired) electrons. The fourth-order valence-corrected chi connectivity index (χ4v) is 3.55. The van der Waals surface area contributed by atoms with Crippen LogP contribution in [-0.4, -0.2) is 34.6 Å². The molecule has 0 unspecified atom stereocenters. The van der Waals surface area contributed by atoms with Gasteiger partial charge in [-0.3, -0.25) is 0 Å². The van der Waals surface area contributed by atoms with Crippen LogP contribution in [0, 0.1) is 0 Å². The van der Waals surface area contributed by atoms with Crippen molar-refractivity contribution in [1.82, 2.24) is 10.2 Å². The highest BCUT2D eigenvalue weighted by atomic mass is 35.5. The Balaban J connectivity index is 1.98. The molecule has 5 nitrogen and oxygen atoms in total. The average molecular weight is 317 g/mol. The molecule has 2 amide bonds. The summed E-state index contributed by atoms with van der Waals surface area (Å²) in [6.07, 6.45) is 2.65. The van der Waals surface area contributed by atoms with Gasteiger partial charge in [0.05, 0.1) is 10.9 Å². The summed E-state index contributed by atoms with van der Waals surface area (Å²) in [7, 11) is 1.65. The monoisotopic (exact) mass is 316 g/mol. The minimum absolute atomic E-state index is 0.362. The number of nitrogens with one attached hydrogen (secondary N) is 1. The third kappa shape index (κ3) is 3.24. The van der Waals surface area contributed by atoms with Crippen LogP contribution < -0.4 is 5.32 Å². The summed E-state index contributed by atoms with van der Waals surface area (Å²) in [4.78, 5) is 26.0. The lowest BCUT2D eigenvalue weighted by Crippen LogP contribution is -2.55. The molecule has 1 heterocycles. The lowest BCUT2D eigenvalue weighted by Gasteiger charge is -2.28. The highest BCUT2D eigenvalue weighted by molar-refractivity contribution is 7.16. The molecule has 1 aliphatic carbocycles. The molecular formula is C13H17ClN2O3S. The van der Waals surface area contributed by atoms with Gasteiger partial charge >= 0.3 is 12.0 Å². The summed E-state index contributed by atoms with van der Waals surface area (Å²) in [6, 6.07) is 3.28. The summed E-state index contributed by atoms with van der Waals surface area (Å²) in [5, 5.41) is 12.0. The van der Waals surface area contributed by atoms with Gasteiger partial charge in [-0.1, -0.05) is 24.4 Å². The van der Waals surface area contributed by atoms with Crippen molar-refractivity contribution in [2.75, 3.05) is 7.05 Å². The smallest absolute Gasteiger partial charge is 0.329 e. The van der Waals surface area contributed by atoms with Crippen molar-refractivity contribution >= 4 is 34.9 Å². The number of carbonyl (C=O) groups is 2. The topological polar surface area (TPSA) is 69.6 Å². The number of hydrogen-bond acceptors (Lipinski definition) is 3. The van der Waals surface area contributed by atoms with Crippen LogP contribution in [-0.2, 0) is 11.3 Å². The van der Waals surface area contributed by atoms with Crippen LogP contribution in [0.3, 0.4) is 0 Å². The van der Waals surface area contributed by atoms with Crippen LogP contribution in [0.15, 0.2) is 12.1 Å². The molecule has 1 fully saturated rings. The first-order chi connectivity index (χ1) is 9.43. The Labute approximate surface area is 126 Å². The van der Waals surface area contributed by atoms with Gasteiger partial charge in [-0.05, 0) is 25.0 Å². The molecule has 0 spiro atoms. The normalized spacial score (nSPS) is 16.9. The fraction of sp³-hybridized carbons (Fsp3) is 0.538. The van der Waals surface area contributed by atoms with E-state index in [4.69, 9.17) is 11.6 Å². The number of rotatable bonds is 4. The highest BCUT2D eigenvalue weighted by Crippen LogP contribution is 2.30. The van der Waals surface area contributed by atoms with E-state index in [0.29, 0.717) is 23.7 Å². The van der Waals surface area contributed by atoms with E-state index in [1.54, 1.807) is 13.1 Å². The van der Waals surface area contributed by atoms with E-state index in [9.17, 15) is 14.7 Å². The Kier molecular flexibility index (Phi) is 4.55. The van der Waals surface area contributed by atoms with E-state index >= 15 is 0 Å². The van der Waals surface area contributed by atoms with Gasteiger partial charge in [0.15, 0.2) is 0 Å². The van der Waals surface area contributed by atoms with Crippen molar-refractivity contribution in [2.24, 2.45) is 0 Å². The molecule has 0 atom stereocenters. The lowest BCUT2D eigenvalue weighted by molar-refractivity contribution is -0.144. The number of nitrogens with zero attached hydrogens (tertiary/aromatic N) is 1. The van der Waals surface area contributed by atoms with Crippen LogP contribution in [0.2, 0.25) is 4.34 Å². The fourth-order valence-electron chi connectivity index (χ4n) is 2.41. The number of hydrogen-bond donors (Lipinski definition) is 2. The molecule has 2 N–H and O–H groups in total. The van der Waals surface area contributed by atoms with Crippen LogP contribution in [0.5, 0.6) is 0 Å². The average Bonchev–Trinajstić information content (AvgIpc) is 2.99. The molecule has 0 aromatic carbocycles. The number of carbonyl (C=O) groups excluding carboxylic acids is 1. The van der Waals surface area contributed by atoms with Gasteiger partial charge in [-0.25, -0.2) is 9.59 Å². The minimum Gasteiger partial charge on any atom is -0.480 e. The van der Waals surface area contributed by atoms with Crippen molar-refractivity contribution in [3.05, 3.63) is 21.3 Å². The second-order valence-electron chi connectivity index (χ2n) is 5.09. The highest BCUT2D eigenvalue weighted by Gasteiger charge is 2.43. The van der Waals surface area contributed by atoms with Gasteiger partial charge < -0.3 is 15.3 Å². The molecule has 1 aromatic heterocycles. The predicted molar refractivity (Wildman–Crippen MR) is 78.2 cm³/mol. The molecular weight excluding hydrogens is 300 g/mol. The zero-order chi connectivity index (χ0) is 14.8. The van der Waals surface area contributed by atoms with Crippen molar-refractivity contribution in [1.29, 1.82) is 0 Å². The third-order valence-corrected chi connectivity index (χ3v) is 4.80. The van der Waals surface area contributed by atoms with Crippen molar-refractivity contribution in [2.45, 2.75) is 37.8 Å². The molecule has 0 bridgehead atoms. The Morgan fingerprint density at radius 2 is 2.10 bits per heavy atom. The van der Waals surface area contributed by atoms with Gasteiger partial charge in [-0.15, -0.1) is 11.3 Å². The van der Waals surface area contributed by atoms with Crippen molar-refractivity contribution in [3.8, 4) is 0 Å². The largest absolute Gasteiger partial charge is 0.480 e. The molecule has 1 aliphatic rings. The molecule has 0 aliphatic heterocycles. The van der Waals surface area contributed by atoms with Crippen LogP contribution in [0.4, 0.5) is 4.79 Å². The summed E-state index contributed by atoms with van der Waals surface area (Å²) in [5.41, 5.74) is -1.10. The summed E-state index contributed by atoms with van der Waals surface area (Å²) in [6.45, 7) is 0.416. The Bertz CT molecular complexity index is 511. The summed E-state index contributed by atoms with van der Waals surface area (Å²) < 4.78 is 0.673. The predicted octanol–water partition coefficient (Wildman–Crippen LogP) is 2.94. The zero-order valence-electron chi connectivity index (χ0n) is 11.2. The molecule has 2 rings (SSSR count). The number of urea groups is 1. The second kappa shape index (κ2) is 6.01. The van der Waals surface area contributed by atoms with Gasteiger partial charge in [0.1, 0.15) is 5.54 Å². The molecule has 1 saturated carbocycles. The van der Waals surface area contributed by atoms with Gasteiger partial charge in [0, 0.05) is 11.9 Å². The second-order valence-corrected chi connectivity index (χ2v) is 6.89. The Morgan fingerprint density at radius 3 is 2.60 bits per heavy atom. The Morgan fingerprint density at radius 1 is 1.45 bits per heavy atom. The molecule has 20 heavy (non-hydrogen) atoms. The maximum atomic E-state index is 12.1. The molecule has 1 aromatic rings. The maximum absolute atomic E-state index is 12.1. The summed E-state index contributed by atoms with van der Waals surface area (Å²) in [5.74, 6) is -0.948. The number of aliphatic carboxylic acids is 1. The van der Waals surface area contributed by atoms with E-state index in [1.807, 2.05) is 6.07 Å². The third-order valence-electron chi connectivity index (χ3n) is 3.58. The molecule has 110 valence electrons. The maximum Gasteiger partial charge on any atom is 0.329 e. The SMILES string of the molecule is CN(Cc1ccc(Cl)s1)C(=O)NC1(C(=O)O)CCCC1. The number of carboxylic acids is 1. The van der Waals surface area contributed by atoms with Gasteiger partial charge in [-0.2, -0.15) is 0 Å². The summed E-state index contributed by atoms with van der Waals surface area (Å²) >= 11 is 7.26. The number of thiophene rings is 1. The zero-order valence-corrected chi connectivity index (χ0v) is 12.8. The number of carboxylic acid groups (broad SMARTS) is 1. The number of halogens is 1. The van der Waals surface area contributed by atoms with Crippen LogP contribution in [0.25, 0.3) is 0 Å². The quantitative estimate of drug-likeness (QED) is 0.897. The first-order valence-electron chi connectivity index (χ1n) is 6.44. The van der Waals surface area contributed by atoms with E-state index in [0.717, 1.165) is 17.7 Å². The standard InChI is InChI=1S/C13H17ClN2O3S/c1-16(8-9-4-5-10(14)20-9)12(19)15-13(11(17)18)6-2-3-7-13/h4-5H,2-3,6-8H2,1H3,(H,15,19)(H,17,18). The van der Waals surface area contributed by atoms with Gasteiger partial charge in [0.2, 0.25) is 0 Å². The van der Waals surface area contributed by atoms with E-state index in [2.05, 4.69) is 5.32 Å². The van der Waals surface area contributed by atoms with E-state index in [-0.39, 0.29) is 6.03 Å². The van der Waals surface area contributed by atoms with Gasteiger partial charge in [0.25, 0.3) is 0 Å².